The Kier molecular flexibility index (Phi) is 4.43. The van der Waals surface area contributed by atoms with E-state index in [4.69, 9.17) is 5.11 Å². The van der Waals surface area contributed by atoms with Crippen molar-refractivity contribution >= 4 is 6.09 Å². The number of amides is 1. The van der Waals surface area contributed by atoms with Crippen LogP contribution in [0.3, 0.4) is 0 Å². The highest BCUT2D eigenvalue weighted by molar-refractivity contribution is 5.65. The summed E-state index contributed by atoms with van der Waals surface area (Å²) in [5, 5.41) is 12.7. The minimum atomic E-state index is -0.805. The van der Waals surface area contributed by atoms with Gasteiger partial charge in [-0.2, -0.15) is 0 Å². The zero-order valence-corrected chi connectivity index (χ0v) is 11.5. The minimum absolute atomic E-state index is 0.0690. The highest BCUT2D eigenvalue weighted by atomic mass is 16.4. The van der Waals surface area contributed by atoms with Gasteiger partial charge in [0.15, 0.2) is 0 Å². The lowest BCUT2D eigenvalue weighted by Crippen LogP contribution is -2.54. The lowest BCUT2D eigenvalue weighted by molar-refractivity contribution is 0.0738. The van der Waals surface area contributed by atoms with Gasteiger partial charge in [-0.1, -0.05) is 37.3 Å². The minimum Gasteiger partial charge on any atom is -0.465 e. The third kappa shape index (κ3) is 3.26. The number of nitrogens with one attached hydrogen (secondary N) is 1. The van der Waals surface area contributed by atoms with E-state index in [2.05, 4.69) is 24.4 Å². The van der Waals surface area contributed by atoms with E-state index in [1.165, 1.54) is 5.56 Å². The monoisotopic (exact) mass is 262 g/mol. The Labute approximate surface area is 114 Å². The number of hydrogen-bond donors (Lipinski definition) is 2. The molecule has 1 heterocycles. The summed E-state index contributed by atoms with van der Waals surface area (Å²) in [6.45, 7) is 5.58. The smallest absolute Gasteiger partial charge is 0.407 e. The Morgan fingerprint density at radius 2 is 2.05 bits per heavy atom. The molecule has 0 aliphatic carbocycles. The molecule has 104 valence electrons. The van der Waals surface area contributed by atoms with Gasteiger partial charge >= 0.3 is 6.09 Å². The first-order valence-corrected chi connectivity index (χ1v) is 6.86. The van der Waals surface area contributed by atoms with Gasteiger partial charge in [-0.25, -0.2) is 4.79 Å². The highest BCUT2D eigenvalue weighted by Gasteiger charge is 2.34. The predicted octanol–water partition coefficient (Wildman–Crippen LogP) is 2.55. The SMILES string of the molecule is CC1[C@@H](C)[C@H](NCc2ccccc2)CCN1C(=O)O. The Bertz CT molecular complexity index is 421. The fourth-order valence-electron chi connectivity index (χ4n) is 2.77. The van der Waals surface area contributed by atoms with Crippen LogP contribution in [0.4, 0.5) is 4.79 Å². The van der Waals surface area contributed by atoms with Gasteiger partial charge in [0.1, 0.15) is 0 Å². The maximum Gasteiger partial charge on any atom is 0.407 e. The quantitative estimate of drug-likeness (QED) is 0.880. The van der Waals surface area contributed by atoms with Gasteiger partial charge in [-0.05, 0) is 24.8 Å². The summed E-state index contributed by atoms with van der Waals surface area (Å²) in [6.07, 6.45) is 0.0748. The number of piperidine rings is 1. The summed E-state index contributed by atoms with van der Waals surface area (Å²) < 4.78 is 0. The van der Waals surface area contributed by atoms with Crippen molar-refractivity contribution in [3.63, 3.8) is 0 Å². The molecule has 19 heavy (non-hydrogen) atoms. The van der Waals surface area contributed by atoms with Crippen LogP contribution in [0, 0.1) is 5.92 Å². The highest BCUT2D eigenvalue weighted by Crippen LogP contribution is 2.23. The van der Waals surface area contributed by atoms with Crippen LogP contribution < -0.4 is 5.32 Å². The molecule has 4 nitrogen and oxygen atoms in total. The van der Waals surface area contributed by atoms with Crippen LogP contribution in [0.1, 0.15) is 25.8 Å². The van der Waals surface area contributed by atoms with Crippen LogP contribution >= 0.6 is 0 Å². The Morgan fingerprint density at radius 1 is 1.37 bits per heavy atom. The maximum absolute atomic E-state index is 11.1. The Hall–Kier alpha value is -1.55. The van der Waals surface area contributed by atoms with E-state index in [1.807, 2.05) is 25.1 Å². The average Bonchev–Trinajstić information content (AvgIpc) is 2.41. The van der Waals surface area contributed by atoms with E-state index in [9.17, 15) is 4.79 Å². The normalized spacial score (nSPS) is 27.3. The molecular weight excluding hydrogens is 240 g/mol. The standard InChI is InChI=1S/C15H22N2O2/c1-11-12(2)17(15(18)19)9-8-14(11)16-10-13-6-4-3-5-7-13/h3-7,11-12,14,16H,8-10H2,1-2H3,(H,18,19)/t11-,12?,14-/m1/s1. The molecule has 1 aliphatic rings. The number of carboxylic acid groups (broad SMARTS) is 1. The van der Waals surface area contributed by atoms with Gasteiger partial charge in [-0.3, -0.25) is 0 Å². The van der Waals surface area contributed by atoms with Crippen molar-refractivity contribution in [1.82, 2.24) is 10.2 Å². The summed E-state index contributed by atoms with van der Waals surface area (Å²) >= 11 is 0. The third-order valence-corrected chi connectivity index (χ3v) is 4.23. The summed E-state index contributed by atoms with van der Waals surface area (Å²) in [7, 11) is 0. The van der Waals surface area contributed by atoms with Crippen molar-refractivity contribution in [2.75, 3.05) is 6.54 Å². The topological polar surface area (TPSA) is 52.6 Å². The summed E-state index contributed by atoms with van der Waals surface area (Å²) in [5.41, 5.74) is 1.27. The predicted molar refractivity (Wildman–Crippen MR) is 75.0 cm³/mol. The van der Waals surface area contributed by atoms with E-state index >= 15 is 0 Å². The van der Waals surface area contributed by atoms with Crippen LogP contribution in [0.2, 0.25) is 0 Å². The zero-order chi connectivity index (χ0) is 13.8. The van der Waals surface area contributed by atoms with Gasteiger partial charge in [0.2, 0.25) is 0 Å². The molecule has 1 unspecified atom stereocenters. The number of hydrogen-bond acceptors (Lipinski definition) is 2. The number of rotatable bonds is 3. The molecular formula is C15H22N2O2. The fraction of sp³-hybridized carbons (Fsp3) is 0.533. The number of likely N-dealkylation sites (tertiary alicyclic amines) is 1. The Balaban J connectivity index is 1.90. The molecule has 0 aromatic heterocycles. The van der Waals surface area contributed by atoms with Crippen molar-refractivity contribution in [3.05, 3.63) is 35.9 Å². The fourth-order valence-corrected chi connectivity index (χ4v) is 2.77. The summed E-state index contributed by atoms with van der Waals surface area (Å²) in [6, 6.07) is 10.7. The van der Waals surface area contributed by atoms with E-state index in [1.54, 1.807) is 4.90 Å². The number of nitrogens with zero attached hydrogens (tertiary/aromatic N) is 1. The maximum atomic E-state index is 11.1. The van der Waals surface area contributed by atoms with Crippen molar-refractivity contribution in [1.29, 1.82) is 0 Å². The van der Waals surface area contributed by atoms with Crippen LogP contribution in [0.5, 0.6) is 0 Å². The first-order valence-electron chi connectivity index (χ1n) is 6.86. The van der Waals surface area contributed by atoms with Gasteiger partial charge in [0.05, 0.1) is 0 Å². The van der Waals surface area contributed by atoms with E-state index in [-0.39, 0.29) is 6.04 Å². The molecule has 3 atom stereocenters. The molecule has 0 bridgehead atoms. The van der Waals surface area contributed by atoms with E-state index < -0.39 is 6.09 Å². The zero-order valence-electron chi connectivity index (χ0n) is 11.5. The molecule has 2 N–H and O–H groups in total. The molecule has 0 spiro atoms. The molecule has 0 radical (unpaired) electrons. The van der Waals surface area contributed by atoms with E-state index in [0.717, 1.165) is 13.0 Å². The molecule has 1 aromatic rings. The van der Waals surface area contributed by atoms with Crippen molar-refractivity contribution in [3.8, 4) is 0 Å². The third-order valence-electron chi connectivity index (χ3n) is 4.23. The second-order valence-corrected chi connectivity index (χ2v) is 5.34. The van der Waals surface area contributed by atoms with Crippen molar-refractivity contribution in [2.45, 2.75) is 38.9 Å². The van der Waals surface area contributed by atoms with Crippen LogP contribution in [-0.2, 0) is 6.54 Å². The summed E-state index contributed by atoms with van der Waals surface area (Å²) in [4.78, 5) is 12.6. The number of carbonyl (C=O) groups is 1. The second kappa shape index (κ2) is 6.06. The summed E-state index contributed by atoms with van der Waals surface area (Å²) in [5.74, 6) is 0.327. The largest absolute Gasteiger partial charge is 0.465 e. The van der Waals surface area contributed by atoms with Crippen LogP contribution in [-0.4, -0.2) is 34.7 Å². The van der Waals surface area contributed by atoms with Gasteiger partial charge in [0, 0.05) is 25.2 Å². The Morgan fingerprint density at radius 3 is 2.68 bits per heavy atom. The lowest BCUT2D eigenvalue weighted by Gasteiger charge is -2.41. The first kappa shape index (κ1) is 13.9. The van der Waals surface area contributed by atoms with Crippen LogP contribution in [0.25, 0.3) is 0 Å². The molecule has 1 aliphatic heterocycles. The molecule has 1 saturated heterocycles. The van der Waals surface area contributed by atoms with Gasteiger partial charge in [0.25, 0.3) is 0 Å². The van der Waals surface area contributed by atoms with Crippen molar-refractivity contribution in [2.24, 2.45) is 5.92 Å². The van der Waals surface area contributed by atoms with Gasteiger partial charge < -0.3 is 15.3 Å². The second-order valence-electron chi connectivity index (χ2n) is 5.34. The van der Waals surface area contributed by atoms with Crippen molar-refractivity contribution < 1.29 is 9.90 Å². The number of benzene rings is 1. The molecule has 2 rings (SSSR count). The van der Waals surface area contributed by atoms with Crippen LogP contribution in [0.15, 0.2) is 30.3 Å². The lowest BCUT2D eigenvalue weighted by atomic mass is 9.87. The molecule has 1 fully saturated rings. The molecule has 1 amide bonds. The molecule has 1 aromatic carbocycles. The average molecular weight is 262 g/mol. The molecule has 0 saturated carbocycles. The van der Waals surface area contributed by atoms with E-state index in [0.29, 0.717) is 18.5 Å². The first-order chi connectivity index (χ1) is 9.09. The molecule has 4 heteroatoms. The van der Waals surface area contributed by atoms with Gasteiger partial charge in [-0.15, -0.1) is 0 Å².